The maximum Gasteiger partial charge on any atom is 0.193 e. The van der Waals surface area contributed by atoms with Crippen LogP contribution in [-0.2, 0) is 20.5 Å². The summed E-state index contributed by atoms with van der Waals surface area (Å²) in [5.74, 6) is 0. The predicted molar refractivity (Wildman–Crippen MR) is 117 cm³/mol. The van der Waals surface area contributed by atoms with Crippen LogP contribution in [0.4, 0.5) is 0 Å². The highest BCUT2D eigenvalue weighted by Crippen LogP contribution is 2.40. The van der Waals surface area contributed by atoms with E-state index in [1.54, 1.807) is 0 Å². The normalized spacial score (nSPS) is 23.8. The maximum atomic E-state index is 11.0. The first kappa shape index (κ1) is 23.3. The SMILES string of the molecule is CC(C)(C)O[C@@H]1C(COCc2ccccc2)=C[C@H](O[Si](C)(C)C(C)(C)C)[C@@H]1O. The Labute approximate surface area is 172 Å². The van der Waals surface area contributed by atoms with Gasteiger partial charge in [0.2, 0.25) is 0 Å². The summed E-state index contributed by atoms with van der Waals surface area (Å²) in [4.78, 5) is 0. The lowest BCUT2D eigenvalue weighted by Gasteiger charge is -2.39. The van der Waals surface area contributed by atoms with Gasteiger partial charge in [0.1, 0.15) is 12.2 Å². The molecule has 3 atom stereocenters. The Balaban J connectivity index is 2.12. The third-order valence-corrected chi connectivity index (χ3v) is 9.96. The Morgan fingerprint density at radius 2 is 1.57 bits per heavy atom. The molecule has 0 fully saturated rings. The number of hydrogen-bond donors (Lipinski definition) is 1. The number of aliphatic hydroxyl groups excluding tert-OH is 1. The van der Waals surface area contributed by atoms with Crippen molar-refractivity contribution in [2.45, 2.75) is 90.2 Å². The molecule has 0 heterocycles. The second kappa shape index (κ2) is 8.80. The molecule has 0 aliphatic heterocycles. The summed E-state index contributed by atoms with van der Waals surface area (Å²) in [6, 6.07) is 10.1. The van der Waals surface area contributed by atoms with Gasteiger partial charge in [-0.25, -0.2) is 0 Å². The van der Waals surface area contributed by atoms with Crippen molar-refractivity contribution in [3.05, 3.63) is 47.5 Å². The minimum atomic E-state index is -2.01. The van der Waals surface area contributed by atoms with Gasteiger partial charge < -0.3 is 19.0 Å². The van der Waals surface area contributed by atoms with Gasteiger partial charge in [0.05, 0.1) is 24.9 Å². The summed E-state index contributed by atoms with van der Waals surface area (Å²) in [5, 5.41) is 11.1. The molecule has 158 valence electrons. The van der Waals surface area contributed by atoms with Crippen molar-refractivity contribution >= 4 is 8.32 Å². The van der Waals surface area contributed by atoms with Gasteiger partial charge in [0.15, 0.2) is 8.32 Å². The van der Waals surface area contributed by atoms with E-state index in [1.807, 2.05) is 57.2 Å². The molecule has 0 unspecified atom stereocenters. The molecule has 0 aromatic heterocycles. The highest BCUT2D eigenvalue weighted by molar-refractivity contribution is 6.74. The standard InChI is InChI=1S/C23H38O4Si/c1-22(2,3)26-21-18(16-25-15-17-12-10-9-11-13-17)14-19(20(21)24)27-28(7,8)23(4,5)6/h9-14,19-21,24H,15-16H2,1-8H3/t19-,20-,21+/m0/s1. The molecule has 1 aliphatic carbocycles. The predicted octanol–water partition coefficient (Wildman–Crippen LogP) is 5.08. The highest BCUT2D eigenvalue weighted by Gasteiger charge is 2.45. The van der Waals surface area contributed by atoms with E-state index in [0.717, 1.165) is 11.1 Å². The van der Waals surface area contributed by atoms with E-state index in [9.17, 15) is 5.11 Å². The van der Waals surface area contributed by atoms with Gasteiger partial charge in [-0.15, -0.1) is 0 Å². The topological polar surface area (TPSA) is 47.9 Å². The average molecular weight is 407 g/mol. The van der Waals surface area contributed by atoms with E-state index < -0.39 is 20.5 Å². The van der Waals surface area contributed by atoms with Crippen LogP contribution in [0.3, 0.4) is 0 Å². The lowest BCUT2D eigenvalue weighted by Crippen LogP contribution is -2.48. The van der Waals surface area contributed by atoms with Crippen LogP contribution in [0.15, 0.2) is 42.0 Å². The van der Waals surface area contributed by atoms with Crippen molar-refractivity contribution in [3.8, 4) is 0 Å². The Morgan fingerprint density at radius 1 is 0.964 bits per heavy atom. The minimum absolute atomic E-state index is 0.0769. The largest absolute Gasteiger partial charge is 0.408 e. The van der Waals surface area contributed by atoms with Crippen LogP contribution in [0.1, 0.15) is 47.1 Å². The van der Waals surface area contributed by atoms with Crippen LogP contribution >= 0.6 is 0 Å². The highest BCUT2D eigenvalue weighted by atomic mass is 28.4. The fourth-order valence-corrected chi connectivity index (χ4v) is 4.18. The molecule has 0 saturated heterocycles. The number of hydrogen-bond acceptors (Lipinski definition) is 4. The van der Waals surface area contributed by atoms with Crippen molar-refractivity contribution < 1.29 is 19.0 Å². The smallest absolute Gasteiger partial charge is 0.193 e. The van der Waals surface area contributed by atoms with E-state index in [1.165, 1.54) is 0 Å². The molecule has 0 bridgehead atoms. The number of benzene rings is 1. The Bertz CT molecular complexity index is 655. The summed E-state index contributed by atoms with van der Waals surface area (Å²) in [5.41, 5.74) is 1.72. The van der Waals surface area contributed by atoms with Crippen molar-refractivity contribution in [1.29, 1.82) is 0 Å². The summed E-state index contributed by atoms with van der Waals surface area (Å²) in [6.07, 6.45) is 0.532. The van der Waals surface area contributed by atoms with Gasteiger partial charge in [-0.1, -0.05) is 57.2 Å². The van der Waals surface area contributed by atoms with E-state index in [0.29, 0.717) is 13.2 Å². The lowest BCUT2D eigenvalue weighted by molar-refractivity contribution is -0.107. The fraction of sp³-hybridized carbons (Fsp3) is 0.652. The van der Waals surface area contributed by atoms with Crippen LogP contribution in [-0.4, -0.2) is 43.9 Å². The summed E-state index contributed by atoms with van der Waals surface area (Å²) < 4.78 is 18.6. The molecule has 0 saturated carbocycles. The van der Waals surface area contributed by atoms with Crippen LogP contribution in [0.5, 0.6) is 0 Å². The van der Waals surface area contributed by atoms with E-state index in [4.69, 9.17) is 13.9 Å². The van der Waals surface area contributed by atoms with Gasteiger partial charge >= 0.3 is 0 Å². The lowest BCUT2D eigenvalue weighted by atomic mass is 10.1. The third-order valence-electron chi connectivity index (χ3n) is 5.49. The Kier molecular flexibility index (Phi) is 7.32. The molecule has 4 nitrogen and oxygen atoms in total. The first-order valence-electron chi connectivity index (χ1n) is 10.2. The van der Waals surface area contributed by atoms with Crippen molar-refractivity contribution in [1.82, 2.24) is 0 Å². The molecule has 0 spiro atoms. The summed E-state index contributed by atoms with van der Waals surface area (Å²) in [7, 11) is -2.01. The molecular formula is C23H38O4Si. The average Bonchev–Trinajstić information content (AvgIpc) is 2.82. The maximum absolute atomic E-state index is 11.0. The van der Waals surface area contributed by atoms with Gasteiger partial charge in [-0.2, -0.15) is 0 Å². The number of ether oxygens (including phenoxy) is 2. The minimum Gasteiger partial charge on any atom is -0.408 e. The van der Waals surface area contributed by atoms with Gasteiger partial charge in [-0.3, -0.25) is 0 Å². The molecule has 28 heavy (non-hydrogen) atoms. The molecule has 0 radical (unpaired) electrons. The summed E-state index contributed by atoms with van der Waals surface area (Å²) >= 11 is 0. The number of aliphatic hydroxyl groups is 1. The van der Waals surface area contributed by atoms with Crippen molar-refractivity contribution in [2.24, 2.45) is 0 Å². The zero-order valence-electron chi connectivity index (χ0n) is 18.8. The second-order valence-corrected chi connectivity index (χ2v) is 15.0. The molecular weight excluding hydrogens is 368 g/mol. The van der Waals surface area contributed by atoms with E-state index in [-0.39, 0.29) is 16.7 Å². The molecule has 1 aromatic carbocycles. The first-order valence-corrected chi connectivity index (χ1v) is 13.1. The second-order valence-electron chi connectivity index (χ2n) is 10.2. The van der Waals surface area contributed by atoms with Crippen molar-refractivity contribution in [2.75, 3.05) is 6.61 Å². The zero-order valence-corrected chi connectivity index (χ0v) is 19.8. The Morgan fingerprint density at radius 3 is 2.11 bits per heavy atom. The molecule has 1 aliphatic rings. The van der Waals surface area contributed by atoms with Gasteiger partial charge in [-0.05, 0) is 50.0 Å². The monoisotopic (exact) mass is 406 g/mol. The molecule has 1 aromatic rings. The van der Waals surface area contributed by atoms with Crippen LogP contribution in [0.2, 0.25) is 18.1 Å². The summed E-state index contributed by atoms with van der Waals surface area (Å²) in [6.45, 7) is 18.0. The Hall–Kier alpha value is -0.983. The number of rotatable bonds is 7. The molecule has 5 heteroatoms. The van der Waals surface area contributed by atoms with Crippen LogP contribution in [0, 0.1) is 0 Å². The van der Waals surface area contributed by atoms with E-state index in [2.05, 4.69) is 33.9 Å². The van der Waals surface area contributed by atoms with Crippen LogP contribution < -0.4 is 0 Å². The molecule has 1 N–H and O–H groups in total. The van der Waals surface area contributed by atoms with Crippen LogP contribution in [0.25, 0.3) is 0 Å². The molecule has 2 rings (SSSR count). The van der Waals surface area contributed by atoms with E-state index >= 15 is 0 Å². The van der Waals surface area contributed by atoms with Gasteiger partial charge in [0, 0.05) is 0 Å². The zero-order chi connectivity index (χ0) is 21.2. The quantitative estimate of drug-likeness (QED) is 0.507. The van der Waals surface area contributed by atoms with Gasteiger partial charge in [0.25, 0.3) is 0 Å². The first-order chi connectivity index (χ1) is 12.8. The fourth-order valence-electron chi connectivity index (χ4n) is 2.93. The van der Waals surface area contributed by atoms with Crippen molar-refractivity contribution in [3.63, 3.8) is 0 Å². The third kappa shape index (κ3) is 6.26. The molecule has 0 amide bonds.